The summed E-state index contributed by atoms with van der Waals surface area (Å²) in [5, 5.41) is 14.9. The first-order valence-electron chi connectivity index (χ1n) is 13.5. The van der Waals surface area contributed by atoms with Gasteiger partial charge < -0.3 is 9.30 Å². The van der Waals surface area contributed by atoms with E-state index in [1.807, 2.05) is 25.1 Å². The van der Waals surface area contributed by atoms with Gasteiger partial charge in [0.2, 0.25) is 5.82 Å². The minimum absolute atomic E-state index is 0.317. The van der Waals surface area contributed by atoms with Crippen molar-refractivity contribution in [3.63, 3.8) is 0 Å². The van der Waals surface area contributed by atoms with E-state index in [0.29, 0.717) is 23.2 Å². The van der Waals surface area contributed by atoms with Crippen molar-refractivity contribution in [2.75, 3.05) is 20.2 Å². The maximum Gasteiger partial charge on any atom is 0.332 e. The van der Waals surface area contributed by atoms with E-state index >= 15 is 0 Å². The van der Waals surface area contributed by atoms with Gasteiger partial charge in [-0.25, -0.2) is 9.78 Å². The van der Waals surface area contributed by atoms with Crippen LogP contribution >= 0.6 is 11.6 Å². The maximum atomic E-state index is 13.4. The van der Waals surface area contributed by atoms with Gasteiger partial charge >= 0.3 is 5.97 Å². The predicted octanol–water partition coefficient (Wildman–Crippen LogP) is 5.26. The maximum absolute atomic E-state index is 13.4. The largest absolute Gasteiger partial charge is 0.467 e. The van der Waals surface area contributed by atoms with Crippen molar-refractivity contribution in [1.82, 2.24) is 35.1 Å². The third-order valence-corrected chi connectivity index (χ3v) is 7.92. The number of carbonyl (C=O) groups is 1. The Morgan fingerprint density at radius 1 is 1.10 bits per heavy atom. The molecule has 1 saturated heterocycles. The van der Waals surface area contributed by atoms with Crippen molar-refractivity contribution < 1.29 is 9.53 Å². The number of nitrogens with zero attached hydrogens (tertiary/aromatic N) is 6. The Morgan fingerprint density at radius 3 is 2.46 bits per heavy atom. The lowest BCUT2D eigenvalue weighted by Gasteiger charge is -2.37. The average molecular weight is 548 g/mol. The molecule has 204 valence electrons. The molecule has 1 N–H and O–H groups in total. The molecule has 0 bridgehead atoms. The summed E-state index contributed by atoms with van der Waals surface area (Å²) in [6.45, 7) is 6.24. The second-order valence-electron chi connectivity index (χ2n) is 10.1. The molecule has 0 saturated carbocycles. The molecule has 1 atom stereocenters. The van der Waals surface area contributed by atoms with E-state index in [1.165, 1.54) is 7.11 Å². The monoisotopic (exact) mass is 547 g/mol. The summed E-state index contributed by atoms with van der Waals surface area (Å²) in [6, 6.07) is 16.4. The number of H-pyrrole nitrogens is 1. The molecule has 39 heavy (non-hydrogen) atoms. The number of methoxy groups -OCH3 is 1. The van der Waals surface area contributed by atoms with Crippen LogP contribution in [0.2, 0.25) is 5.15 Å². The van der Waals surface area contributed by atoms with Gasteiger partial charge in [0, 0.05) is 18.5 Å². The van der Waals surface area contributed by atoms with Gasteiger partial charge in [-0.1, -0.05) is 73.5 Å². The average Bonchev–Trinajstić information content (AvgIpc) is 3.74. The molecule has 1 aliphatic rings. The molecule has 1 fully saturated rings. The number of likely N-dealkylation sites (tertiary alicyclic amines) is 1. The van der Waals surface area contributed by atoms with Crippen LogP contribution in [0.3, 0.4) is 0 Å². The van der Waals surface area contributed by atoms with Gasteiger partial charge in [0.05, 0.1) is 12.8 Å². The first-order chi connectivity index (χ1) is 19.0. The first-order valence-corrected chi connectivity index (χ1v) is 13.9. The molecule has 5 rings (SSSR count). The minimum Gasteiger partial charge on any atom is -0.467 e. The number of nitrogens with one attached hydrogen (secondary N) is 1. The number of esters is 1. The van der Waals surface area contributed by atoms with Crippen LogP contribution in [0.5, 0.6) is 0 Å². The Bertz CT molecular complexity index is 1410. The van der Waals surface area contributed by atoms with E-state index in [0.717, 1.165) is 73.3 Å². The van der Waals surface area contributed by atoms with Crippen LogP contribution in [-0.2, 0) is 28.0 Å². The van der Waals surface area contributed by atoms with E-state index in [4.69, 9.17) is 21.3 Å². The van der Waals surface area contributed by atoms with Crippen molar-refractivity contribution >= 4 is 17.6 Å². The minimum atomic E-state index is -1.02. The zero-order chi connectivity index (χ0) is 27.4. The van der Waals surface area contributed by atoms with E-state index < -0.39 is 5.54 Å². The van der Waals surface area contributed by atoms with Gasteiger partial charge in [-0.2, -0.15) is 5.21 Å². The second-order valence-corrected chi connectivity index (χ2v) is 10.5. The Kier molecular flexibility index (Phi) is 8.09. The molecule has 2 aromatic carbocycles. The van der Waals surface area contributed by atoms with E-state index in [2.05, 4.69) is 67.3 Å². The highest BCUT2D eigenvalue weighted by Crippen LogP contribution is 2.38. The number of tetrazole rings is 1. The summed E-state index contributed by atoms with van der Waals surface area (Å²) in [4.78, 5) is 20.3. The highest BCUT2D eigenvalue weighted by atomic mass is 35.5. The molecule has 9 nitrogen and oxygen atoms in total. The van der Waals surface area contributed by atoms with Gasteiger partial charge in [-0.05, 0) is 61.2 Å². The molecule has 10 heteroatoms. The van der Waals surface area contributed by atoms with Crippen LogP contribution in [0.15, 0.2) is 48.5 Å². The Labute approximate surface area is 233 Å². The zero-order valence-electron chi connectivity index (χ0n) is 22.7. The van der Waals surface area contributed by atoms with Crippen molar-refractivity contribution in [2.45, 2.75) is 58.0 Å². The molecule has 0 unspecified atom stereocenters. The summed E-state index contributed by atoms with van der Waals surface area (Å²) >= 11 is 6.84. The van der Waals surface area contributed by atoms with E-state index in [1.54, 1.807) is 0 Å². The fraction of sp³-hybridized carbons (Fsp3) is 0.414. The van der Waals surface area contributed by atoms with Crippen molar-refractivity contribution in [2.24, 2.45) is 0 Å². The molecular formula is C29H34ClN7O2. The number of unbranched alkanes of at least 4 members (excludes halogenated alkanes) is 1. The number of aromatic amines is 1. The summed E-state index contributed by atoms with van der Waals surface area (Å²) < 4.78 is 7.48. The van der Waals surface area contributed by atoms with Crippen LogP contribution in [0.25, 0.3) is 22.5 Å². The highest BCUT2D eigenvalue weighted by molar-refractivity contribution is 6.30. The number of aryl methyl sites for hydroxylation is 1. The van der Waals surface area contributed by atoms with E-state index in [-0.39, 0.29) is 5.97 Å². The number of halogens is 1. The predicted molar refractivity (Wildman–Crippen MR) is 150 cm³/mol. The number of imidazole rings is 1. The summed E-state index contributed by atoms with van der Waals surface area (Å²) in [5.74, 6) is 1.12. The number of ether oxygens (including phenoxy) is 1. The molecule has 0 amide bonds. The van der Waals surface area contributed by atoms with Crippen LogP contribution in [0.4, 0.5) is 0 Å². The molecule has 4 aromatic rings. The van der Waals surface area contributed by atoms with Gasteiger partial charge in [0.1, 0.15) is 5.82 Å². The molecule has 0 spiro atoms. The summed E-state index contributed by atoms with van der Waals surface area (Å²) in [5.41, 5.74) is 3.74. The Hall–Kier alpha value is -3.56. The SMILES string of the molecule is CCCCc1nc(Cl)c([C@](C)(C(=O)OC)N2CCCC2)n1Cc1ccc(-c2ccccc2-c2nn[nH]n2)cc1. The van der Waals surface area contributed by atoms with Crippen LogP contribution < -0.4 is 0 Å². The standard InChI is InChI=1S/C29H34ClN7O2/c1-4-5-12-24-31-26(30)25(29(2,28(38)39-3)36-17-8-9-18-36)37(24)19-20-13-15-21(16-14-20)22-10-6-7-11-23(22)27-32-34-35-33-27/h6-7,10-11,13-16H,4-5,8-9,12,17-19H2,1-3H3,(H,32,33,34,35)/t29-/m1/s1. The lowest BCUT2D eigenvalue weighted by molar-refractivity contribution is -0.155. The third kappa shape index (κ3) is 5.21. The Morgan fingerprint density at radius 2 is 1.82 bits per heavy atom. The fourth-order valence-corrected chi connectivity index (χ4v) is 5.93. The lowest BCUT2D eigenvalue weighted by Crippen LogP contribution is -2.50. The lowest BCUT2D eigenvalue weighted by atomic mass is 9.95. The number of aromatic nitrogens is 6. The van der Waals surface area contributed by atoms with Gasteiger partial charge in [-0.15, -0.1) is 10.2 Å². The van der Waals surface area contributed by atoms with Gasteiger partial charge in [-0.3, -0.25) is 4.90 Å². The molecule has 1 aliphatic heterocycles. The zero-order valence-corrected chi connectivity index (χ0v) is 23.4. The quantitative estimate of drug-likeness (QED) is 0.270. The van der Waals surface area contributed by atoms with Crippen LogP contribution in [0, 0.1) is 0 Å². The fourth-order valence-electron chi connectivity index (χ4n) is 5.54. The normalized spacial score (nSPS) is 15.4. The Balaban J connectivity index is 1.53. The number of hydrogen-bond acceptors (Lipinski definition) is 7. The van der Waals surface area contributed by atoms with Gasteiger partial charge in [0.25, 0.3) is 0 Å². The van der Waals surface area contributed by atoms with E-state index in [9.17, 15) is 4.79 Å². The number of hydrogen-bond donors (Lipinski definition) is 1. The highest BCUT2D eigenvalue weighted by Gasteiger charge is 2.48. The summed E-state index contributed by atoms with van der Waals surface area (Å²) in [6.07, 6.45) is 4.87. The van der Waals surface area contributed by atoms with Crippen LogP contribution in [0.1, 0.15) is 56.6 Å². The molecular weight excluding hydrogens is 514 g/mol. The van der Waals surface area contributed by atoms with Crippen molar-refractivity contribution in [1.29, 1.82) is 0 Å². The molecule has 0 radical (unpaired) electrons. The number of benzene rings is 2. The van der Waals surface area contributed by atoms with Crippen LogP contribution in [-0.4, -0.2) is 61.2 Å². The van der Waals surface area contributed by atoms with Gasteiger partial charge in [0.15, 0.2) is 10.7 Å². The smallest absolute Gasteiger partial charge is 0.332 e. The topological polar surface area (TPSA) is 102 Å². The van der Waals surface area contributed by atoms with Crippen molar-refractivity contribution in [3.8, 4) is 22.5 Å². The third-order valence-electron chi connectivity index (χ3n) is 7.66. The number of rotatable bonds is 10. The first kappa shape index (κ1) is 27.0. The number of carbonyl (C=O) groups excluding carboxylic acids is 1. The molecule has 2 aromatic heterocycles. The second kappa shape index (κ2) is 11.7. The van der Waals surface area contributed by atoms with Crippen molar-refractivity contribution in [3.05, 3.63) is 70.8 Å². The summed E-state index contributed by atoms with van der Waals surface area (Å²) in [7, 11) is 1.44. The molecule has 3 heterocycles. The molecule has 0 aliphatic carbocycles.